The number of benzene rings is 2. The highest BCUT2D eigenvalue weighted by Crippen LogP contribution is 2.19. The molecule has 0 aliphatic heterocycles. The Kier molecular flexibility index (Phi) is 4.21. The van der Waals surface area contributed by atoms with Crippen LogP contribution in [0.1, 0.15) is 18.1 Å². The molecule has 0 aromatic heterocycles. The van der Waals surface area contributed by atoms with Crippen LogP contribution in [0.25, 0.3) is 0 Å². The average molecular weight is 264 g/mol. The molecule has 0 fully saturated rings. The van der Waals surface area contributed by atoms with Gasteiger partial charge in [-0.05, 0) is 41.8 Å². The number of aryl methyl sites for hydroxylation is 1. The lowest BCUT2D eigenvalue weighted by Gasteiger charge is -2.09. The lowest BCUT2D eigenvalue weighted by Crippen LogP contribution is -2.00. The van der Waals surface area contributed by atoms with Crippen molar-refractivity contribution >= 4 is 17.3 Å². The predicted molar refractivity (Wildman–Crippen MR) is 74.6 cm³/mol. The second-order valence-corrected chi connectivity index (χ2v) is 4.55. The molecule has 18 heavy (non-hydrogen) atoms. The third-order valence-corrected chi connectivity index (χ3v) is 3.19. The summed E-state index contributed by atoms with van der Waals surface area (Å²) in [5.41, 5.74) is 3.22. The van der Waals surface area contributed by atoms with Crippen LogP contribution in [0.4, 0.5) is 10.1 Å². The SMILES string of the molecule is CCc1cccc(NCc2ccc(F)cc2Cl)c1. The van der Waals surface area contributed by atoms with Crippen molar-refractivity contribution in [1.82, 2.24) is 0 Å². The Bertz CT molecular complexity index is 540. The van der Waals surface area contributed by atoms with Gasteiger partial charge < -0.3 is 5.32 Å². The molecule has 2 aromatic carbocycles. The molecule has 0 bridgehead atoms. The Balaban J connectivity index is 2.06. The zero-order chi connectivity index (χ0) is 13.0. The summed E-state index contributed by atoms with van der Waals surface area (Å²) in [7, 11) is 0. The summed E-state index contributed by atoms with van der Waals surface area (Å²) in [6.07, 6.45) is 1.01. The summed E-state index contributed by atoms with van der Waals surface area (Å²) < 4.78 is 12.9. The molecule has 2 rings (SSSR count). The van der Waals surface area contributed by atoms with Crippen LogP contribution in [0, 0.1) is 5.82 Å². The third kappa shape index (κ3) is 3.23. The molecule has 0 spiro atoms. The van der Waals surface area contributed by atoms with Crippen LogP contribution in [0.3, 0.4) is 0 Å². The largest absolute Gasteiger partial charge is 0.381 e. The maximum absolute atomic E-state index is 12.9. The molecule has 0 saturated carbocycles. The highest BCUT2D eigenvalue weighted by atomic mass is 35.5. The molecule has 2 aromatic rings. The number of hydrogen-bond donors (Lipinski definition) is 1. The van der Waals surface area contributed by atoms with E-state index in [4.69, 9.17) is 11.6 Å². The molecule has 0 heterocycles. The van der Waals surface area contributed by atoms with Crippen molar-refractivity contribution < 1.29 is 4.39 Å². The van der Waals surface area contributed by atoms with Crippen molar-refractivity contribution in [1.29, 1.82) is 0 Å². The smallest absolute Gasteiger partial charge is 0.124 e. The lowest BCUT2D eigenvalue weighted by atomic mass is 10.1. The summed E-state index contributed by atoms with van der Waals surface area (Å²) in [5, 5.41) is 3.74. The van der Waals surface area contributed by atoms with E-state index in [1.54, 1.807) is 6.07 Å². The summed E-state index contributed by atoms with van der Waals surface area (Å²) >= 11 is 5.97. The molecule has 0 atom stereocenters. The van der Waals surface area contributed by atoms with Crippen LogP contribution in [0.15, 0.2) is 42.5 Å². The Morgan fingerprint density at radius 3 is 2.72 bits per heavy atom. The predicted octanol–water partition coefficient (Wildman–Crippen LogP) is 4.65. The van der Waals surface area contributed by atoms with Crippen molar-refractivity contribution in [3.63, 3.8) is 0 Å². The van der Waals surface area contributed by atoms with E-state index in [-0.39, 0.29) is 5.82 Å². The Morgan fingerprint density at radius 2 is 2.00 bits per heavy atom. The maximum Gasteiger partial charge on any atom is 0.124 e. The van der Waals surface area contributed by atoms with Gasteiger partial charge in [-0.15, -0.1) is 0 Å². The number of hydrogen-bond acceptors (Lipinski definition) is 1. The molecular weight excluding hydrogens is 249 g/mol. The van der Waals surface area contributed by atoms with Gasteiger partial charge >= 0.3 is 0 Å². The monoisotopic (exact) mass is 263 g/mol. The Hall–Kier alpha value is -1.54. The Labute approximate surface area is 112 Å². The van der Waals surface area contributed by atoms with E-state index in [1.165, 1.54) is 17.7 Å². The normalized spacial score (nSPS) is 10.4. The fourth-order valence-corrected chi connectivity index (χ4v) is 2.00. The van der Waals surface area contributed by atoms with Crippen molar-refractivity contribution in [2.45, 2.75) is 19.9 Å². The number of anilines is 1. The van der Waals surface area contributed by atoms with E-state index in [0.717, 1.165) is 17.7 Å². The zero-order valence-electron chi connectivity index (χ0n) is 10.2. The fourth-order valence-electron chi connectivity index (χ4n) is 1.76. The molecule has 0 unspecified atom stereocenters. The molecule has 0 aliphatic carbocycles. The van der Waals surface area contributed by atoms with Crippen LogP contribution >= 0.6 is 11.6 Å². The topological polar surface area (TPSA) is 12.0 Å². The van der Waals surface area contributed by atoms with Crippen molar-refractivity contribution in [2.24, 2.45) is 0 Å². The summed E-state index contributed by atoms with van der Waals surface area (Å²) in [6, 6.07) is 12.7. The molecule has 0 radical (unpaired) electrons. The number of halogens is 2. The van der Waals surface area contributed by atoms with Crippen LogP contribution in [-0.4, -0.2) is 0 Å². The van der Waals surface area contributed by atoms with E-state index in [2.05, 4.69) is 24.4 Å². The van der Waals surface area contributed by atoms with Gasteiger partial charge in [-0.2, -0.15) is 0 Å². The van der Waals surface area contributed by atoms with E-state index >= 15 is 0 Å². The van der Waals surface area contributed by atoms with Gasteiger partial charge in [0.1, 0.15) is 5.82 Å². The standard InChI is InChI=1S/C15H15ClFN/c1-2-11-4-3-5-14(8-11)18-10-12-6-7-13(17)9-15(12)16/h3-9,18H,2,10H2,1H3. The van der Waals surface area contributed by atoms with Crippen LogP contribution in [0.5, 0.6) is 0 Å². The first-order valence-corrected chi connectivity index (χ1v) is 6.33. The van der Waals surface area contributed by atoms with Gasteiger partial charge in [0, 0.05) is 17.3 Å². The molecule has 0 aliphatic rings. The van der Waals surface area contributed by atoms with Crippen molar-refractivity contribution in [2.75, 3.05) is 5.32 Å². The van der Waals surface area contributed by atoms with Crippen LogP contribution < -0.4 is 5.32 Å². The number of rotatable bonds is 4. The van der Waals surface area contributed by atoms with Crippen LogP contribution in [-0.2, 0) is 13.0 Å². The first kappa shape index (κ1) is 12.9. The first-order valence-electron chi connectivity index (χ1n) is 5.96. The van der Waals surface area contributed by atoms with Crippen molar-refractivity contribution in [3.05, 3.63) is 64.4 Å². The number of nitrogens with one attached hydrogen (secondary N) is 1. The van der Waals surface area contributed by atoms with Gasteiger partial charge in [0.25, 0.3) is 0 Å². The van der Waals surface area contributed by atoms with Crippen molar-refractivity contribution in [3.8, 4) is 0 Å². The van der Waals surface area contributed by atoms with E-state index in [0.29, 0.717) is 11.6 Å². The highest BCUT2D eigenvalue weighted by molar-refractivity contribution is 6.31. The Morgan fingerprint density at radius 1 is 1.17 bits per heavy atom. The van der Waals surface area contributed by atoms with Gasteiger partial charge in [-0.1, -0.05) is 36.7 Å². The first-order chi connectivity index (χ1) is 8.69. The second kappa shape index (κ2) is 5.87. The van der Waals surface area contributed by atoms with E-state index in [1.807, 2.05) is 12.1 Å². The van der Waals surface area contributed by atoms with Gasteiger partial charge in [-0.3, -0.25) is 0 Å². The minimum absolute atomic E-state index is 0.309. The van der Waals surface area contributed by atoms with Gasteiger partial charge in [0.05, 0.1) is 0 Å². The third-order valence-electron chi connectivity index (χ3n) is 2.83. The molecule has 0 amide bonds. The highest BCUT2D eigenvalue weighted by Gasteiger charge is 2.02. The summed E-state index contributed by atoms with van der Waals surface area (Å²) in [6.45, 7) is 2.71. The van der Waals surface area contributed by atoms with Gasteiger partial charge in [0.15, 0.2) is 0 Å². The average Bonchev–Trinajstić information content (AvgIpc) is 2.38. The van der Waals surface area contributed by atoms with Crippen LogP contribution in [0.2, 0.25) is 5.02 Å². The minimum Gasteiger partial charge on any atom is -0.381 e. The van der Waals surface area contributed by atoms with E-state index in [9.17, 15) is 4.39 Å². The zero-order valence-corrected chi connectivity index (χ0v) is 11.0. The molecule has 94 valence electrons. The van der Waals surface area contributed by atoms with E-state index < -0.39 is 0 Å². The quantitative estimate of drug-likeness (QED) is 0.846. The van der Waals surface area contributed by atoms with Gasteiger partial charge in [0.2, 0.25) is 0 Å². The molecule has 1 nitrogen and oxygen atoms in total. The minimum atomic E-state index is -0.309. The lowest BCUT2D eigenvalue weighted by molar-refractivity contribution is 0.627. The fraction of sp³-hybridized carbons (Fsp3) is 0.200. The summed E-state index contributed by atoms with van der Waals surface area (Å²) in [5.74, 6) is -0.309. The molecular formula is C15H15ClFN. The maximum atomic E-state index is 12.9. The molecule has 3 heteroatoms. The molecule has 1 N–H and O–H groups in total. The second-order valence-electron chi connectivity index (χ2n) is 4.14. The van der Waals surface area contributed by atoms with Gasteiger partial charge in [-0.25, -0.2) is 4.39 Å². The summed E-state index contributed by atoms with van der Waals surface area (Å²) in [4.78, 5) is 0. The molecule has 0 saturated heterocycles.